The third-order valence-electron chi connectivity index (χ3n) is 20.9. The zero-order valence-corrected chi connectivity index (χ0v) is 52.5. The standard InChI is InChI=1S/C88H42N8O4/c89-43-49-35-74(50(44-90)34-73(49)93-69-19-7-3-15-55(69)64-41-83-67(39-77(64)93)58-18-6-11-23-79(58)97-83)94-70-20-8-4-16-56(70)65-42-84-68(40-78(65)94)59-27-25-48(38-82(59)98-84)47-26-32-81-66(33-47)63-31-29-61-54-14-2-10-22-72(54)96(86(61)88(63)100-81)76-37-51(45-91)75(36-52(76)46-92)95-71-21-9-1-13-53(71)60-28-30-62-57-17-5-12-24-80(57)99-87(62)85(60)95/h1-42H. The second-order valence-electron chi connectivity index (χ2n) is 25.9. The minimum atomic E-state index is 0.373. The monoisotopic (exact) mass is 1270 g/mol. The Kier molecular flexibility index (Phi) is 10.5. The van der Waals surface area contributed by atoms with Crippen LogP contribution in [-0.2, 0) is 0 Å². The van der Waals surface area contributed by atoms with Crippen LogP contribution in [0, 0.1) is 45.3 Å². The molecule has 0 radical (unpaired) electrons. The minimum Gasteiger partial charge on any atom is -0.456 e. The predicted molar refractivity (Wildman–Crippen MR) is 397 cm³/mol. The first-order chi connectivity index (χ1) is 49.4. The molecule has 458 valence electrons. The van der Waals surface area contributed by atoms with Gasteiger partial charge in [-0.3, -0.25) is 0 Å². The van der Waals surface area contributed by atoms with Crippen LogP contribution in [0.25, 0.3) is 209 Å². The van der Waals surface area contributed by atoms with Gasteiger partial charge in [-0.05, 0) is 132 Å². The molecule has 0 aliphatic heterocycles. The first kappa shape index (κ1) is 53.8. The summed E-state index contributed by atoms with van der Waals surface area (Å²) < 4.78 is 35.3. The first-order valence-corrected chi connectivity index (χ1v) is 32.8. The van der Waals surface area contributed by atoms with Gasteiger partial charge in [-0.1, -0.05) is 133 Å². The van der Waals surface area contributed by atoms with Gasteiger partial charge in [0, 0.05) is 86.2 Å². The fourth-order valence-corrected chi connectivity index (χ4v) is 16.6. The van der Waals surface area contributed by atoms with E-state index in [1.807, 2.05) is 127 Å². The Balaban J connectivity index is 0.674. The van der Waals surface area contributed by atoms with Crippen molar-refractivity contribution in [3.63, 3.8) is 0 Å². The molecule has 12 nitrogen and oxygen atoms in total. The minimum absolute atomic E-state index is 0.373. The van der Waals surface area contributed by atoms with Crippen molar-refractivity contribution in [1.82, 2.24) is 18.3 Å². The van der Waals surface area contributed by atoms with Gasteiger partial charge in [0.05, 0.1) is 89.1 Å². The number of fused-ring (bicyclic) bond motifs is 26. The molecule has 0 unspecified atom stereocenters. The van der Waals surface area contributed by atoms with E-state index in [4.69, 9.17) is 17.7 Å². The number of benzene rings is 14. The van der Waals surface area contributed by atoms with Gasteiger partial charge in [-0.25, -0.2) is 0 Å². The molecule has 100 heavy (non-hydrogen) atoms. The summed E-state index contributed by atoms with van der Waals surface area (Å²) >= 11 is 0. The number of rotatable bonds is 5. The molecule has 0 N–H and O–H groups in total. The Morgan fingerprint density at radius 3 is 1.02 bits per heavy atom. The van der Waals surface area contributed by atoms with E-state index in [9.17, 15) is 21.0 Å². The smallest absolute Gasteiger partial charge is 0.160 e. The maximum absolute atomic E-state index is 11.4. The zero-order valence-electron chi connectivity index (χ0n) is 52.5. The second kappa shape index (κ2) is 19.5. The van der Waals surface area contributed by atoms with Gasteiger partial charge < -0.3 is 35.9 Å². The van der Waals surface area contributed by atoms with E-state index in [0.29, 0.717) is 72.9 Å². The van der Waals surface area contributed by atoms with Crippen molar-refractivity contribution < 1.29 is 17.7 Å². The van der Waals surface area contributed by atoms with E-state index in [-0.39, 0.29) is 0 Å². The average Bonchev–Trinajstić information content (AvgIpc) is 1.56. The van der Waals surface area contributed by atoms with Crippen molar-refractivity contribution in [3.05, 3.63) is 277 Å². The van der Waals surface area contributed by atoms with Crippen LogP contribution in [0.1, 0.15) is 22.3 Å². The molecule has 22 rings (SSSR count). The van der Waals surface area contributed by atoms with E-state index < -0.39 is 0 Å². The van der Waals surface area contributed by atoms with Crippen LogP contribution in [0.5, 0.6) is 0 Å². The molecule has 0 saturated heterocycles. The zero-order chi connectivity index (χ0) is 65.9. The summed E-state index contributed by atoms with van der Waals surface area (Å²) in [7, 11) is 0. The molecule has 0 fully saturated rings. The lowest BCUT2D eigenvalue weighted by Gasteiger charge is -2.15. The number of furan rings is 4. The normalized spacial score (nSPS) is 12.2. The summed E-state index contributed by atoms with van der Waals surface area (Å²) in [6.07, 6.45) is 0. The van der Waals surface area contributed by atoms with Crippen molar-refractivity contribution in [2.45, 2.75) is 0 Å². The van der Waals surface area contributed by atoms with Crippen molar-refractivity contribution in [1.29, 1.82) is 21.0 Å². The van der Waals surface area contributed by atoms with E-state index >= 15 is 0 Å². The molecular formula is C88H42N8O4. The highest BCUT2D eigenvalue weighted by molar-refractivity contribution is 6.25. The van der Waals surface area contributed by atoms with Crippen LogP contribution in [-0.4, -0.2) is 18.3 Å². The van der Waals surface area contributed by atoms with E-state index in [1.165, 1.54) is 0 Å². The first-order valence-electron chi connectivity index (χ1n) is 32.8. The third kappa shape index (κ3) is 7.06. The Morgan fingerprint density at radius 2 is 0.530 bits per heavy atom. The molecule has 0 amide bonds. The van der Waals surface area contributed by atoms with Gasteiger partial charge in [0.25, 0.3) is 0 Å². The van der Waals surface area contributed by atoms with E-state index in [1.54, 1.807) is 0 Å². The number of nitrogens with zero attached hydrogens (tertiary/aromatic N) is 8. The molecule has 8 aromatic heterocycles. The number of hydrogen-bond acceptors (Lipinski definition) is 8. The molecule has 22 aromatic rings. The second-order valence-corrected chi connectivity index (χ2v) is 25.9. The number of aromatic nitrogens is 4. The lowest BCUT2D eigenvalue weighted by Crippen LogP contribution is -2.04. The Hall–Kier alpha value is -14.6. The molecule has 12 heteroatoms. The molecule has 0 atom stereocenters. The van der Waals surface area contributed by atoms with Crippen molar-refractivity contribution >= 4 is 175 Å². The van der Waals surface area contributed by atoms with Crippen LogP contribution in [0.3, 0.4) is 0 Å². The average molecular weight is 1280 g/mol. The third-order valence-corrected chi connectivity index (χ3v) is 20.9. The molecule has 0 spiro atoms. The summed E-state index contributed by atoms with van der Waals surface area (Å²) in [5.41, 5.74) is 18.5. The fourth-order valence-electron chi connectivity index (χ4n) is 16.6. The maximum atomic E-state index is 11.4. The highest BCUT2D eigenvalue weighted by Crippen LogP contribution is 2.48. The van der Waals surface area contributed by atoms with Gasteiger partial charge in [0.15, 0.2) is 11.2 Å². The molecule has 8 heterocycles. The van der Waals surface area contributed by atoms with Gasteiger partial charge in [-0.2, -0.15) is 21.0 Å². The number of hydrogen-bond donors (Lipinski definition) is 0. The summed E-state index contributed by atoms with van der Waals surface area (Å²) in [5.74, 6) is 0. The molecule has 0 bridgehead atoms. The largest absolute Gasteiger partial charge is 0.456 e. The Morgan fingerprint density at radius 1 is 0.210 bits per heavy atom. The molecule has 0 saturated carbocycles. The van der Waals surface area contributed by atoms with Crippen LogP contribution < -0.4 is 0 Å². The summed E-state index contributed by atoms with van der Waals surface area (Å²) in [4.78, 5) is 0. The highest BCUT2D eigenvalue weighted by Gasteiger charge is 2.28. The summed E-state index contributed by atoms with van der Waals surface area (Å²) in [6.45, 7) is 0. The number of nitriles is 4. The van der Waals surface area contributed by atoms with Gasteiger partial charge in [0.1, 0.15) is 57.8 Å². The highest BCUT2D eigenvalue weighted by atomic mass is 16.3. The molecule has 0 aliphatic rings. The van der Waals surface area contributed by atoms with Crippen LogP contribution in [0.2, 0.25) is 0 Å². The summed E-state index contributed by atoms with van der Waals surface area (Å²) in [5, 5.41) is 60.5. The summed E-state index contributed by atoms with van der Waals surface area (Å²) in [6, 6.07) is 95.8. The quantitative estimate of drug-likeness (QED) is 0.164. The van der Waals surface area contributed by atoms with E-state index in [0.717, 1.165) is 158 Å². The van der Waals surface area contributed by atoms with Crippen molar-refractivity contribution in [3.8, 4) is 58.2 Å². The SMILES string of the molecule is N#Cc1cc(-n2c3ccccc3c3cc4oc5cc(-c6ccc7oc8c(ccc9c%10ccccc%10n(-c%10cc(C#N)c(-n%11c%12ccccc%12c%12ccc%13c%14ccccc%14oc%13c%12%11)cc%10C#N)c98)c7c6)ccc5c4cc32)c(C#N)cc1-n1c2ccccc2c2cc3oc4ccccc4c3cc21. The lowest BCUT2D eigenvalue weighted by atomic mass is 10.0. The lowest BCUT2D eigenvalue weighted by molar-refractivity contribution is 0.669. The predicted octanol–water partition coefficient (Wildman–Crippen LogP) is 22.8. The van der Waals surface area contributed by atoms with Crippen LogP contribution in [0.15, 0.2) is 272 Å². The van der Waals surface area contributed by atoms with E-state index in [2.05, 4.69) is 170 Å². The Bertz CT molecular complexity index is 7730. The Labute approximate surface area is 564 Å². The maximum Gasteiger partial charge on any atom is 0.160 e. The van der Waals surface area contributed by atoms with Crippen molar-refractivity contribution in [2.75, 3.05) is 0 Å². The number of para-hydroxylation sites is 6. The molecule has 14 aromatic carbocycles. The topological polar surface area (TPSA) is 167 Å². The van der Waals surface area contributed by atoms with Crippen LogP contribution >= 0.6 is 0 Å². The van der Waals surface area contributed by atoms with Gasteiger partial charge in [-0.15, -0.1) is 0 Å². The fraction of sp³-hybridized carbons (Fsp3) is 0. The van der Waals surface area contributed by atoms with Crippen molar-refractivity contribution in [2.24, 2.45) is 0 Å². The van der Waals surface area contributed by atoms with Gasteiger partial charge in [0.2, 0.25) is 0 Å². The molecule has 0 aliphatic carbocycles. The molecular weight excluding hydrogens is 1230 g/mol. The van der Waals surface area contributed by atoms with Gasteiger partial charge >= 0.3 is 0 Å². The van der Waals surface area contributed by atoms with Crippen LogP contribution in [0.4, 0.5) is 0 Å².